The maximum Gasteiger partial charge on any atom is 0.0726 e. The number of aryl methyl sites for hydroxylation is 2. The zero-order valence-corrected chi connectivity index (χ0v) is 53.3. The number of anilines is 6. The van der Waals surface area contributed by atoms with Crippen LogP contribution in [-0.4, -0.2) is 0 Å². The van der Waals surface area contributed by atoms with Crippen molar-refractivity contribution in [2.24, 2.45) is 0 Å². The second-order valence-corrected chi connectivity index (χ2v) is 27.3. The van der Waals surface area contributed by atoms with Crippen LogP contribution in [0.4, 0.5) is 34.1 Å². The third kappa shape index (κ3) is 8.20. The Balaban J connectivity index is 0.786. The molecule has 0 saturated carbocycles. The van der Waals surface area contributed by atoms with Crippen LogP contribution in [0.25, 0.3) is 88.7 Å². The normalized spacial score (nSPS) is 14.2. The van der Waals surface area contributed by atoms with Crippen molar-refractivity contribution in [2.75, 3.05) is 9.80 Å². The molecule has 0 aliphatic heterocycles. The average Bonchev–Trinajstić information content (AvgIpc) is 1.52. The summed E-state index contributed by atoms with van der Waals surface area (Å²) in [5, 5.41) is 2.48. The molecule has 0 unspecified atom stereocenters. The standard InChI is InChI=1S/C91H68N2/c1-57-28-44-75-77-47-41-68(54-86(77)89(3,4)84(75)50-57)93(69-42-48-78-76-45-29-58(2)51-85(76)90(5,6)87(78)55-69)67-40-46-71(80(53-67)61-19-8-7-9-20-61)62-34-38-66(39-35-62)92(65-36-32-60(33-37-65)64-31-30-59-18-10-11-21-63(59)52-64)70-43-49-79-74-24-14-17-27-83(74)91(88(79)56-70)81-25-15-12-22-72(81)73-23-13-16-26-82(73)91/h7-56H,1-6H3. The van der Waals surface area contributed by atoms with Gasteiger partial charge in [-0.3, -0.25) is 0 Å². The van der Waals surface area contributed by atoms with Crippen molar-refractivity contribution in [3.63, 3.8) is 0 Å². The maximum atomic E-state index is 2.51. The van der Waals surface area contributed by atoms with Crippen molar-refractivity contribution in [2.45, 2.75) is 57.8 Å². The lowest BCUT2D eigenvalue weighted by Gasteiger charge is -2.32. The number of fused-ring (bicyclic) bond motifs is 17. The van der Waals surface area contributed by atoms with Gasteiger partial charge in [-0.25, -0.2) is 0 Å². The van der Waals surface area contributed by atoms with Crippen LogP contribution in [0.5, 0.6) is 0 Å². The molecule has 0 heterocycles. The van der Waals surface area contributed by atoms with E-state index in [1.165, 1.54) is 133 Å². The van der Waals surface area contributed by atoms with Crippen LogP contribution in [0.15, 0.2) is 303 Å². The molecule has 4 aliphatic carbocycles. The van der Waals surface area contributed by atoms with Crippen LogP contribution >= 0.6 is 0 Å². The third-order valence-electron chi connectivity index (χ3n) is 21.4. The largest absolute Gasteiger partial charge is 0.310 e. The summed E-state index contributed by atoms with van der Waals surface area (Å²) in [5.74, 6) is 0. The highest BCUT2D eigenvalue weighted by Crippen LogP contribution is 2.64. The summed E-state index contributed by atoms with van der Waals surface area (Å²) in [6.45, 7) is 14.0. The molecule has 0 bridgehead atoms. The summed E-state index contributed by atoms with van der Waals surface area (Å²) in [7, 11) is 0. The van der Waals surface area contributed by atoms with E-state index in [0.717, 1.165) is 45.3 Å². The fourth-order valence-electron chi connectivity index (χ4n) is 16.8. The van der Waals surface area contributed by atoms with Gasteiger partial charge in [0.25, 0.3) is 0 Å². The molecular weight excluding hydrogens is 1120 g/mol. The second-order valence-electron chi connectivity index (χ2n) is 27.3. The number of hydrogen-bond donors (Lipinski definition) is 0. The molecule has 0 aromatic heterocycles. The molecule has 0 N–H and O–H groups in total. The third-order valence-corrected chi connectivity index (χ3v) is 21.4. The quantitative estimate of drug-likeness (QED) is 0.142. The Morgan fingerprint density at radius 2 is 0.548 bits per heavy atom. The molecule has 0 fully saturated rings. The van der Waals surface area contributed by atoms with Crippen LogP contribution in [0.2, 0.25) is 0 Å². The van der Waals surface area contributed by atoms with Gasteiger partial charge in [-0.05, 0) is 226 Å². The Morgan fingerprint density at radius 1 is 0.204 bits per heavy atom. The van der Waals surface area contributed by atoms with Crippen LogP contribution in [0, 0.1) is 13.8 Å². The van der Waals surface area contributed by atoms with Gasteiger partial charge in [0.05, 0.1) is 5.41 Å². The Hall–Kier alpha value is -11.1. The summed E-state index contributed by atoms with van der Waals surface area (Å²) >= 11 is 0. The van der Waals surface area contributed by atoms with E-state index in [9.17, 15) is 0 Å². The molecule has 93 heavy (non-hydrogen) atoms. The predicted octanol–water partition coefficient (Wildman–Crippen LogP) is 24.4. The van der Waals surface area contributed by atoms with Gasteiger partial charge in [-0.15, -0.1) is 0 Å². The average molecular weight is 1190 g/mol. The summed E-state index contributed by atoms with van der Waals surface area (Å²) < 4.78 is 0. The zero-order valence-electron chi connectivity index (χ0n) is 53.3. The van der Waals surface area contributed by atoms with Crippen LogP contribution in [-0.2, 0) is 16.2 Å². The van der Waals surface area contributed by atoms with Gasteiger partial charge in [0, 0.05) is 45.0 Å². The summed E-state index contributed by atoms with van der Waals surface area (Å²) in [6.07, 6.45) is 0. The number of benzene rings is 14. The fraction of sp³-hybridized carbons (Fsp3) is 0.0989. The summed E-state index contributed by atoms with van der Waals surface area (Å²) in [4.78, 5) is 4.98. The van der Waals surface area contributed by atoms with Gasteiger partial charge in [-0.1, -0.05) is 263 Å². The van der Waals surface area contributed by atoms with Crippen LogP contribution in [0.3, 0.4) is 0 Å². The Morgan fingerprint density at radius 3 is 1.06 bits per heavy atom. The molecule has 0 radical (unpaired) electrons. The second kappa shape index (κ2) is 20.5. The van der Waals surface area contributed by atoms with Gasteiger partial charge in [0.15, 0.2) is 0 Å². The summed E-state index contributed by atoms with van der Waals surface area (Å²) in [6, 6.07) is 115. The monoisotopic (exact) mass is 1190 g/mol. The van der Waals surface area contributed by atoms with Crippen LogP contribution in [0.1, 0.15) is 83.3 Å². The SMILES string of the molecule is Cc1ccc2c(c1)C(C)(C)c1cc(N(c3ccc(-c4ccc(N(c5ccc(-c6ccc7ccccc7c6)cc5)c5ccc6c(c5)C5(c7ccccc7-c7ccccc75)c5ccccc5-6)cc4)c(-c4ccccc4)c3)c3ccc4c(c3)C(C)(C)c3cc(C)ccc3-4)ccc1-2. The molecule has 0 saturated heterocycles. The lowest BCUT2D eigenvalue weighted by atomic mass is 9.70. The van der Waals surface area contributed by atoms with Crippen molar-refractivity contribution in [1.29, 1.82) is 0 Å². The van der Waals surface area contributed by atoms with E-state index in [-0.39, 0.29) is 10.8 Å². The van der Waals surface area contributed by atoms with E-state index in [0.29, 0.717) is 0 Å². The number of nitrogens with zero attached hydrogens (tertiary/aromatic N) is 2. The molecule has 2 nitrogen and oxygen atoms in total. The highest BCUT2D eigenvalue weighted by molar-refractivity contribution is 5.98. The molecule has 4 aliphatic rings. The lowest BCUT2D eigenvalue weighted by molar-refractivity contribution is 0.659. The first-order valence-electron chi connectivity index (χ1n) is 32.9. The minimum atomic E-state index is -0.482. The Labute approximate surface area is 546 Å². The minimum absolute atomic E-state index is 0.178. The number of rotatable bonds is 9. The first-order chi connectivity index (χ1) is 45.4. The molecule has 442 valence electrons. The van der Waals surface area contributed by atoms with Crippen molar-refractivity contribution >= 4 is 44.9 Å². The molecular formula is C91H68N2. The summed E-state index contributed by atoms with van der Waals surface area (Å²) in [5.41, 5.74) is 36.7. The first kappa shape index (κ1) is 54.8. The van der Waals surface area contributed by atoms with E-state index in [2.05, 4.69) is 355 Å². The topological polar surface area (TPSA) is 6.48 Å². The maximum absolute atomic E-state index is 2.51. The van der Waals surface area contributed by atoms with Gasteiger partial charge in [0.1, 0.15) is 0 Å². The predicted molar refractivity (Wildman–Crippen MR) is 391 cm³/mol. The first-order valence-corrected chi connectivity index (χ1v) is 32.9. The number of hydrogen-bond acceptors (Lipinski definition) is 2. The highest BCUT2D eigenvalue weighted by atomic mass is 15.1. The molecule has 1 spiro atoms. The van der Waals surface area contributed by atoms with E-state index >= 15 is 0 Å². The van der Waals surface area contributed by atoms with Crippen molar-refractivity contribution in [3.05, 3.63) is 359 Å². The van der Waals surface area contributed by atoms with Gasteiger partial charge < -0.3 is 9.80 Å². The van der Waals surface area contributed by atoms with E-state index < -0.39 is 5.41 Å². The van der Waals surface area contributed by atoms with Crippen LogP contribution < -0.4 is 9.80 Å². The fourth-order valence-corrected chi connectivity index (χ4v) is 16.8. The molecule has 0 atom stereocenters. The lowest BCUT2D eigenvalue weighted by Crippen LogP contribution is -2.26. The van der Waals surface area contributed by atoms with Gasteiger partial charge >= 0.3 is 0 Å². The van der Waals surface area contributed by atoms with Crippen molar-refractivity contribution < 1.29 is 0 Å². The molecule has 0 amide bonds. The highest BCUT2D eigenvalue weighted by Gasteiger charge is 2.52. The Bertz CT molecular complexity index is 5240. The van der Waals surface area contributed by atoms with Gasteiger partial charge in [-0.2, -0.15) is 0 Å². The van der Waals surface area contributed by atoms with E-state index in [1.807, 2.05) is 0 Å². The molecule has 2 heteroatoms. The zero-order chi connectivity index (χ0) is 62.5. The smallest absolute Gasteiger partial charge is 0.0726 e. The van der Waals surface area contributed by atoms with E-state index in [1.54, 1.807) is 0 Å². The van der Waals surface area contributed by atoms with Crippen molar-refractivity contribution in [3.8, 4) is 77.9 Å². The minimum Gasteiger partial charge on any atom is -0.310 e. The molecule has 14 aromatic carbocycles. The van der Waals surface area contributed by atoms with E-state index in [4.69, 9.17) is 0 Å². The molecule has 18 rings (SSSR count). The molecule has 14 aromatic rings. The van der Waals surface area contributed by atoms with Crippen molar-refractivity contribution in [1.82, 2.24) is 0 Å². The Kier molecular flexibility index (Phi) is 12.1. The van der Waals surface area contributed by atoms with Gasteiger partial charge in [0.2, 0.25) is 0 Å².